The van der Waals surface area contributed by atoms with Gasteiger partial charge in [0.15, 0.2) is 0 Å². The summed E-state index contributed by atoms with van der Waals surface area (Å²) in [5, 5.41) is 14.7. The zero-order chi connectivity index (χ0) is 25.4. The highest BCUT2D eigenvalue weighted by Gasteiger charge is 2.35. The van der Waals surface area contributed by atoms with Gasteiger partial charge in [0.1, 0.15) is 10.9 Å². The van der Waals surface area contributed by atoms with Gasteiger partial charge in [-0.3, -0.25) is 9.89 Å². The van der Waals surface area contributed by atoms with E-state index in [0.717, 1.165) is 48.3 Å². The van der Waals surface area contributed by atoms with Crippen LogP contribution in [0.2, 0.25) is 5.02 Å². The van der Waals surface area contributed by atoms with E-state index in [4.69, 9.17) is 16.3 Å². The lowest BCUT2D eigenvalue weighted by molar-refractivity contribution is 0.0264. The van der Waals surface area contributed by atoms with Crippen LogP contribution in [-0.2, 0) is 4.74 Å². The van der Waals surface area contributed by atoms with Gasteiger partial charge in [0.2, 0.25) is 5.88 Å². The van der Waals surface area contributed by atoms with Gasteiger partial charge in [0.05, 0.1) is 17.7 Å². The first-order valence-electron chi connectivity index (χ1n) is 12.6. The van der Waals surface area contributed by atoms with Crippen LogP contribution in [0.5, 0.6) is 5.88 Å². The molecule has 0 spiro atoms. The molecule has 2 heterocycles. The Morgan fingerprint density at radius 2 is 1.76 bits per heavy atom. The van der Waals surface area contributed by atoms with Crippen molar-refractivity contribution in [1.29, 1.82) is 0 Å². The predicted octanol–water partition coefficient (Wildman–Crippen LogP) is 5.94. The van der Waals surface area contributed by atoms with Gasteiger partial charge >= 0.3 is 0 Å². The quantitative estimate of drug-likeness (QED) is 0.308. The second-order valence-electron chi connectivity index (χ2n) is 9.60. The Balaban J connectivity index is 1.38. The molecule has 1 aliphatic carbocycles. The first-order chi connectivity index (χ1) is 18.1. The van der Waals surface area contributed by atoms with Gasteiger partial charge in [0, 0.05) is 23.7 Å². The molecule has 37 heavy (non-hydrogen) atoms. The van der Waals surface area contributed by atoms with Crippen molar-refractivity contribution in [3.63, 3.8) is 0 Å². The molecular weight excluding hydrogens is 506 g/mol. The molecule has 1 saturated carbocycles. The van der Waals surface area contributed by atoms with Gasteiger partial charge in [-0.25, -0.2) is 4.68 Å². The minimum Gasteiger partial charge on any atom is -0.493 e. The molecule has 1 aromatic heterocycles. The Labute approximate surface area is 224 Å². The molecule has 8 heteroatoms. The zero-order valence-corrected chi connectivity index (χ0v) is 21.8. The second kappa shape index (κ2) is 10.3. The van der Waals surface area contributed by atoms with Gasteiger partial charge in [-0.15, -0.1) is 0 Å². The minimum absolute atomic E-state index is 0.116. The maximum Gasteiger partial charge on any atom is 0.282 e. The van der Waals surface area contributed by atoms with Gasteiger partial charge in [0.25, 0.3) is 5.56 Å². The average molecular weight is 534 g/mol. The van der Waals surface area contributed by atoms with Crippen molar-refractivity contribution < 1.29 is 9.84 Å². The molecule has 2 atom stereocenters. The lowest BCUT2D eigenvalue weighted by Crippen LogP contribution is -2.43. The number of morpholine rings is 1. The van der Waals surface area contributed by atoms with Crippen LogP contribution in [0.15, 0.2) is 93.4 Å². The maximum absolute atomic E-state index is 13.0. The van der Waals surface area contributed by atoms with Crippen molar-refractivity contribution in [1.82, 2.24) is 9.78 Å². The first-order valence-corrected chi connectivity index (χ1v) is 13.8. The van der Waals surface area contributed by atoms with Crippen LogP contribution in [0.4, 0.5) is 5.69 Å². The predicted molar refractivity (Wildman–Crippen MR) is 147 cm³/mol. The number of benzene rings is 3. The molecule has 1 aliphatic heterocycles. The van der Waals surface area contributed by atoms with Crippen molar-refractivity contribution >= 4 is 29.1 Å². The third-order valence-corrected chi connectivity index (χ3v) is 8.66. The van der Waals surface area contributed by atoms with Crippen molar-refractivity contribution in [3.8, 4) is 5.88 Å². The lowest BCUT2D eigenvalue weighted by atomic mass is 9.98. The third kappa shape index (κ3) is 5.04. The SMILES string of the molecule is O=c1[nH]n(C(c2ccccc2)c2cccc(N3CCOC(C4CC4)C3)c2)c(O)c1Sc1ccccc1Cl. The van der Waals surface area contributed by atoms with Gasteiger partial charge < -0.3 is 14.7 Å². The maximum atomic E-state index is 13.0. The second-order valence-corrected chi connectivity index (χ2v) is 11.1. The zero-order valence-electron chi connectivity index (χ0n) is 20.2. The van der Waals surface area contributed by atoms with E-state index < -0.39 is 6.04 Å². The lowest BCUT2D eigenvalue weighted by Gasteiger charge is -2.35. The highest BCUT2D eigenvalue weighted by Crippen LogP contribution is 2.40. The van der Waals surface area contributed by atoms with Crippen LogP contribution >= 0.6 is 23.4 Å². The Morgan fingerprint density at radius 1 is 1.00 bits per heavy atom. The van der Waals surface area contributed by atoms with Crippen LogP contribution in [0.25, 0.3) is 0 Å². The average Bonchev–Trinajstić information content (AvgIpc) is 3.75. The summed E-state index contributed by atoms with van der Waals surface area (Å²) in [6, 6.07) is 25.1. The molecule has 2 unspecified atom stereocenters. The molecule has 2 fully saturated rings. The van der Waals surface area contributed by atoms with Gasteiger partial charge in [-0.2, -0.15) is 0 Å². The standard InChI is InChI=1S/C29H28ClN3O3S/c30-23-11-4-5-12-25(23)37-27-28(34)31-33(29(27)35)26(20-7-2-1-3-8-20)21-9-6-10-22(17-21)32-15-16-36-24(18-32)19-13-14-19/h1-12,17,19,24,26,35H,13-16,18H2,(H,31,34). The minimum atomic E-state index is -0.422. The number of ether oxygens (including phenoxy) is 1. The van der Waals surface area contributed by atoms with E-state index in [9.17, 15) is 9.90 Å². The van der Waals surface area contributed by atoms with E-state index in [2.05, 4.69) is 22.1 Å². The number of aromatic nitrogens is 2. The summed E-state index contributed by atoms with van der Waals surface area (Å²) < 4.78 is 7.59. The molecule has 0 radical (unpaired) electrons. The summed E-state index contributed by atoms with van der Waals surface area (Å²) >= 11 is 7.49. The normalized spacial score (nSPS) is 18.6. The fraction of sp³-hybridized carbons (Fsp3) is 0.276. The molecule has 0 bridgehead atoms. The van der Waals surface area contributed by atoms with E-state index in [1.807, 2.05) is 60.7 Å². The fourth-order valence-corrected chi connectivity index (χ4v) is 6.13. The number of aromatic amines is 1. The van der Waals surface area contributed by atoms with Crippen LogP contribution in [-0.4, -0.2) is 40.7 Å². The fourth-order valence-electron chi connectivity index (χ4n) is 5.02. The summed E-state index contributed by atoms with van der Waals surface area (Å²) in [7, 11) is 0. The van der Waals surface area contributed by atoms with Crippen LogP contribution in [0.1, 0.15) is 30.0 Å². The molecule has 1 saturated heterocycles. The molecule has 2 N–H and O–H groups in total. The van der Waals surface area contributed by atoms with E-state index in [1.165, 1.54) is 12.8 Å². The van der Waals surface area contributed by atoms with Crippen LogP contribution in [0, 0.1) is 5.92 Å². The van der Waals surface area contributed by atoms with Gasteiger partial charge in [-0.05, 0) is 54.2 Å². The number of anilines is 1. The number of nitrogens with one attached hydrogen (secondary N) is 1. The van der Waals surface area contributed by atoms with E-state index in [-0.39, 0.29) is 22.4 Å². The number of H-pyrrole nitrogens is 1. The topological polar surface area (TPSA) is 70.5 Å². The summed E-state index contributed by atoms with van der Waals surface area (Å²) in [4.78, 5) is 16.3. The number of aromatic hydroxyl groups is 1. The summed E-state index contributed by atoms with van der Waals surface area (Å²) in [5.41, 5.74) is 2.68. The van der Waals surface area contributed by atoms with Gasteiger partial charge in [-0.1, -0.05) is 78.0 Å². The number of halogens is 1. The Kier molecular flexibility index (Phi) is 6.76. The van der Waals surface area contributed by atoms with Crippen molar-refractivity contribution in [3.05, 3.63) is 105 Å². The largest absolute Gasteiger partial charge is 0.493 e. The third-order valence-electron chi connectivity index (χ3n) is 7.07. The Bertz CT molecular complexity index is 1450. The summed E-state index contributed by atoms with van der Waals surface area (Å²) in [5.74, 6) is 0.563. The van der Waals surface area contributed by atoms with E-state index in [1.54, 1.807) is 10.7 Å². The van der Waals surface area contributed by atoms with E-state index in [0.29, 0.717) is 15.8 Å². The number of hydrogen-bond acceptors (Lipinski definition) is 5. The van der Waals surface area contributed by atoms with Crippen molar-refractivity contribution in [2.75, 3.05) is 24.6 Å². The number of rotatable bonds is 7. The van der Waals surface area contributed by atoms with Crippen molar-refractivity contribution in [2.24, 2.45) is 5.92 Å². The summed E-state index contributed by atoms with van der Waals surface area (Å²) in [6.45, 7) is 2.45. The first kappa shape index (κ1) is 24.2. The smallest absolute Gasteiger partial charge is 0.282 e. The number of hydrogen-bond donors (Lipinski definition) is 2. The molecule has 6 rings (SSSR count). The molecular formula is C29H28ClN3O3S. The highest BCUT2D eigenvalue weighted by molar-refractivity contribution is 7.99. The molecule has 2 aliphatic rings. The Morgan fingerprint density at radius 3 is 2.54 bits per heavy atom. The highest BCUT2D eigenvalue weighted by atomic mass is 35.5. The molecule has 4 aromatic rings. The van der Waals surface area contributed by atoms with Crippen LogP contribution < -0.4 is 10.5 Å². The number of nitrogens with zero attached hydrogens (tertiary/aromatic N) is 2. The van der Waals surface area contributed by atoms with E-state index >= 15 is 0 Å². The molecule has 3 aromatic carbocycles. The molecule has 190 valence electrons. The van der Waals surface area contributed by atoms with Crippen molar-refractivity contribution in [2.45, 2.75) is 34.8 Å². The Hall–Kier alpha value is -3.13. The summed E-state index contributed by atoms with van der Waals surface area (Å²) in [6.07, 6.45) is 2.80. The molecule has 0 amide bonds. The monoisotopic (exact) mass is 533 g/mol. The molecule has 6 nitrogen and oxygen atoms in total. The van der Waals surface area contributed by atoms with Crippen LogP contribution in [0.3, 0.4) is 0 Å².